The van der Waals surface area contributed by atoms with E-state index in [0.717, 1.165) is 45.0 Å². The van der Waals surface area contributed by atoms with Crippen molar-refractivity contribution in [3.63, 3.8) is 0 Å². The maximum absolute atomic E-state index is 11.2. The van der Waals surface area contributed by atoms with Gasteiger partial charge in [-0.3, -0.25) is 4.98 Å². The van der Waals surface area contributed by atoms with E-state index >= 15 is 0 Å². The molecule has 5 nitrogen and oxygen atoms in total. The van der Waals surface area contributed by atoms with Crippen LogP contribution in [0.4, 0.5) is 11.4 Å². The van der Waals surface area contributed by atoms with Crippen LogP contribution in [0.3, 0.4) is 0 Å². The summed E-state index contributed by atoms with van der Waals surface area (Å²) in [5, 5.41) is 11.2. The minimum Gasteiger partial charge on any atom is -0.372 e. The molecule has 3 heterocycles. The summed E-state index contributed by atoms with van der Waals surface area (Å²) in [6, 6.07) is 6.29. The van der Waals surface area contributed by atoms with Crippen molar-refractivity contribution in [2.75, 3.05) is 4.90 Å². The van der Waals surface area contributed by atoms with Gasteiger partial charge in [0.05, 0.1) is 11.9 Å². The lowest BCUT2D eigenvalue weighted by molar-refractivity contribution is 0.119. The van der Waals surface area contributed by atoms with Crippen LogP contribution in [-0.4, -0.2) is 26.3 Å². The van der Waals surface area contributed by atoms with Gasteiger partial charge >= 0.3 is 0 Å². The molecule has 4 rings (SSSR count). The van der Waals surface area contributed by atoms with Crippen molar-refractivity contribution in [1.82, 2.24) is 15.0 Å². The van der Waals surface area contributed by atoms with Gasteiger partial charge in [-0.1, -0.05) is 26.0 Å². The normalized spacial score (nSPS) is 17.9. The van der Waals surface area contributed by atoms with Crippen LogP contribution < -0.4 is 4.90 Å². The molecule has 1 aliphatic heterocycles. The van der Waals surface area contributed by atoms with Crippen LogP contribution in [0.5, 0.6) is 0 Å². The van der Waals surface area contributed by atoms with Crippen LogP contribution in [0.15, 0.2) is 43.0 Å². The minimum absolute atomic E-state index is 0.395. The Hall–Kier alpha value is -2.79. The van der Waals surface area contributed by atoms with E-state index in [-0.39, 0.29) is 0 Å². The van der Waals surface area contributed by atoms with E-state index in [2.05, 4.69) is 53.9 Å². The predicted octanol–water partition coefficient (Wildman–Crippen LogP) is 4.21. The maximum atomic E-state index is 11.2. The fourth-order valence-electron chi connectivity index (χ4n) is 3.71. The quantitative estimate of drug-likeness (QED) is 0.742. The van der Waals surface area contributed by atoms with Crippen LogP contribution in [-0.2, 0) is 5.41 Å². The van der Waals surface area contributed by atoms with Crippen molar-refractivity contribution < 1.29 is 5.11 Å². The minimum atomic E-state index is -0.667. The summed E-state index contributed by atoms with van der Waals surface area (Å²) >= 11 is 0. The molecule has 1 atom stereocenters. The average molecular weight is 360 g/mol. The largest absolute Gasteiger partial charge is 0.372 e. The summed E-state index contributed by atoms with van der Waals surface area (Å²) in [5.74, 6) is 0.750. The lowest BCUT2D eigenvalue weighted by atomic mass is 9.85. The zero-order valence-electron chi connectivity index (χ0n) is 16.4. The Kier molecular flexibility index (Phi) is 4.00. The highest BCUT2D eigenvalue weighted by Crippen LogP contribution is 2.49. The third-order valence-electron chi connectivity index (χ3n) is 5.66. The summed E-state index contributed by atoms with van der Waals surface area (Å²) in [5.41, 5.74) is 6.88. The molecule has 3 aromatic rings. The van der Waals surface area contributed by atoms with Gasteiger partial charge in [0.15, 0.2) is 0 Å². The molecule has 1 aromatic carbocycles. The molecule has 0 radical (unpaired) electrons. The van der Waals surface area contributed by atoms with Crippen molar-refractivity contribution in [3.05, 3.63) is 65.5 Å². The number of aryl methyl sites for hydroxylation is 2. The summed E-state index contributed by atoms with van der Waals surface area (Å²) in [7, 11) is 0. The zero-order valence-corrected chi connectivity index (χ0v) is 16.4. The Morgan fingerprint density at radius 2 is 1.63 bits per heavy atom. The van der Waals surface area contributed by atoms with Crippen LogP contribution in [0.25, 0.3) is 11.1 Å². The van der Waals surface area contributed by atoms with E-state index in [9.17, 15) is 5.11 Å². The van der Waals surface area contributed by atoms with E-state index in [0.29, 0.717) is 0 Å². The molecule has 1 aliphatic rings. The lowest BCUT2D eigenvalue weighted by Crippen LogP contribution is -2.39. The second kappa shape index (κ2) is 6.13. The Bertz CT molecular complexity index is 1010. The summed E-state index contributed by atoms with van der Waals surface area (Å²) < 4.78 is 0. The molecule has 0 aliphatic carbocycles. The highest BCUT2D eigenvalue weighted by Gasteiger charge is 2.45. The van der Waals surface area contributed by atoms with Crippen molar-refractivity contribution in [2.24, 2.45) is 0 Å². The zero-order chi connectivity index (χ0) is 19.3. The Morgan fingerprint density at radius 3 is 2.33 bits per heavy atom. The van der Waals surface area contributed by atoms with E-state index in [4.69, 9.17) is 0 Å². The first-order valence-electron chi connectivity index (χ1n) is 9.13. The molecular weight excluding hydrogens is 336 g/mol. The number of anilines is 2. The number of hydrogen-bond donors (Lipinski definition) is 1. The molecule has 27 heavy (non-hydrogen) atoms. The Labute approximate surface area is 159 Å². The first-order chi connectivity index (χ1) is 12.8. The fraction of sp³-hybridized carbons (Fsp3) is 0.318. The molecule has 0 spiro atoms. The molecule has 0 amide bonds. The second-order valence-electron chi connectivity index (χ2n) is 7.82. The fourth-order valence-corrected chi connectivity index (χ4v) is 3.71. The van der Waals surface area contributed by atoms with E-state index in [1.54, 1.807) is 0 Å². The van der Waals surface area contributed by atoms with Crippen LogP contribution in [0, 0.1) is 20.8 Å². The van der Waals surface area contributed by atoms with Crippen molar-refractivity contribution >= 4 is 11.4 Å². The molecule has 2 aromatic heterocycles. The third kappa shape index (κ3) is 2.70. The maximum Gasteiger partial charge on any atom is 0.140 e. The van der Waals surface area contributed by atoms with Crippen LogP contribution in [0.2, 0.25) is 0 Å². The highest BCUT2D eigenvalue weighted by atomic mass is 16.3. The topological polar surface area (TPSA) is 62.1 Å². The average Bonchev–Trinajstić information content (AvgIpc) is 2.84. The standard InChI is InChI=1S/C22H24N4O/c1-13-9-23-12-20(14(13)2)26-19-8-16(17-10-24-15(3)25-11-17)6-7-18(19)22(4,5)21(26)27/h6-12,21,27H,1-5H3. The molecule has 0 saturated carbocycles. The number of aliphatic hydroxyl groups is 1. The number of rotatable bonds is 2. The van der Waals surface area contributed by atoms with Gasteiger partial charge in [-0.2, -0.15) is 0 Å². The molecule has 1 unspecified atom stereocenters. The van der Waals surface area contributed by atoms with Gasteiger partial charge in [0.2, 0.25) is 0 Å². The third-order valence-corrected chi connectivity index (χ3v) is 5.66. The number of pyridine rings is 1. The monoisotopic (exact) mass is 360 g/mol. The summed E-state index contributed by atoms with van der Waals surface area (Å²) in [6.45, 7) is 10.1. The number of fused-ring (bicyclic) bond motifs is 1. The van der Waals surface area contributed by atoms with Crippen LogP contribution >= 0.6 is 0 Å². The number of aromatic nitrogens is 3. The first kappa shape index (κ1) is 17.6. The Balaban J connectivity index is 1.90. The smallest absolute Gasteiger partial charge is 0.140 e. The lowest BCUT2D eigenvalue weighted by Gasteiger charge is -2.31. The first-order valence-corrected chi connectivity index (χ1v) is 9.13. The van der Waals surface area contributed by atoms with E-state index < -0.39 is 11.6 Å². The number of hydrogen-bond acceptors (Lipinski definition) is 5. The van der Waals surface area contributed by atoms with Crippen molar-refractivity contribution in [3.8, 4) is 11.1 Å². The molecule has 138 valence electrons. The molecule has 0 bridgehead atoms. The van der Waals surface area contributed by atoms with Crippen molar-refractivity contribution in [2.45, 2.75) is 46.3 Å². The number of benzene rings is 1. The highest BCUT2D eigenvalue weighted by molar-refractivity contribution is 5.79. The number of aliphatic hydroxyl groups excluding tert-OH is 1. The molecule has 1 N–H and O–H groups in total. The van der Waals surface area contributed by atoms with E-state index in [1.165, 1.54) is 0 Å². The van der Waals surface area contributed by atoms with Gasteiger partial charge in [-0.25, -0.2) is 9.97 Å². The predicted molar refractivity (Wildman–Crippen MR) is 107 cm³/mol. The van der Waals surface area contributed by atoms with Crippen molar-refractivity contribution in [1.29, 1.82) is 0 Å². The van der Waals surface area contributed by atoms with Gasteiger partial charge in [0.1, 0.15) is 12.1 Å². The van der Waals surface area contributed by atoms with Gasteiger partial charge in [0.25, 0.3) is 0 Å². The molecule has 0 saturated heterocycles. The molecule has 0 fully saturated rings. The summed E-state index contributed by atoms with van der Waals surface area (Å²) in [4.78, 5) is 15.0. The SMILES string of the molecule is Cc1ncc(-c2ccc3c(c2)N(c2cncc(C)c2C)C(O)C3(C)C)cn1. The van der Waals surface area contributed by atoms with Gasteiger partial charge < -0.3 is 10.0 Å². The number of nitrogens with zero attached hydrogens (tertiary/aromatic N) is 4. The van der Waals surface area contributed by atoms with Gasteiger partial charge in [-0.05, 0) is 49.1 Å². The molecule has 5 heteroatoms. The second-order valence-corrected chi connectivity index (χ2v) is 7.82. The van der Waals surface area contributed by atoms with Crippen LogP contribution in [0.1, 0.15) is 36.4 Å². The van der Waals surface area contributed by atoms with Gasteiger partial charge in [-0.15, -0.1) is 0 Å². The van der Waals surface area contributed by atoms with Gasteiger partial charge in [0, 0.05) is 35.3 Å². The Morgan fingerprint density at radius 1 is 0.926 bits per heavy atom. The van der Waals surface area contributed by atoms with E-state index in [1.807, 2.05) is 43.5 Å². The summed E-state index contributed by atoms with van der Waals surface area (Å²) in [6.07, 6.45) is 6.69. The molecular formula is C22H24N4O.